The van der Waals surface area contributed by atoms with Crippen molar-refractivity contribution >= 4 is 0 Å². The third-order valence-electron chi connectivity index (χ3n) is 4.27. The molecule has 0 fully saturated rings. The van der Waals surface area contributed by atoms with Crippen molar-refractivity contribution < 1.29 is 20.1 Å². The Morgan fingerprint density at radius 2 is 1.81 bits per heavy atom. The lowest BCUT2D eigenvalue weighted by molar-refractivity contribution is 0.132. The molecule has 1 atom stereocenters. The molecule has 142 valence electrons. The van der Waals surface area contributed by atoms with Crippen LogP contribution in [0.1, 0.15) is 35.6 Å². The molecule has 1 unspecified atom stereocenters. The summed E-state index contributed by atoms with van der Waals surface area (Å²) < 4.78 is 5.65. The van der Waals surface area contributed by atoms with E-state index in [2.05, 4.69) is 17.4 Å². The Kier molecular flexibility index (Phi) is 9.14. The van der Waals surface area contributed by atoms with E-state index in [1.54, 1.807) is 12.1 Å². The molecule has 26 heavy (non-hydrogen) atoms. The first-order chi connectivity index (χ1) is 12.7. The van der Waals surface area contributed by atoms with Gasteiger partial charge in [0.1, 0.15) is 5.75 Å². The Morgan fingerprint density at radius 3 is 2.58 bits per heavy atom. The number of hydrogen-bond acceptors (Lipinski definition) is 5. The van der Waals surface area contributed by atoms with Crippen LogP contribution in [0.2, 0.25) is 0 Å². The van der Waals surface area contributed by atoms with Gasteiger partial charge in [0, 0.05) is 18.7 Å². The number of rotatable bonds is 12. The Hall–Kier alpha value is -1.92. The fraction of sp³-hybridized carbons (Fsp3) is 0.429. The maximum atomic E-state index is 10.2. The topological polar surface area (TPSA) is 82.0 Å². The molecule has 0 bridgehead atoms. The van der Waals surface area contributed by atoms with Crippen LogP contribution in [0.4, 0.5) is 0 Å². The molecule has 2 aromatic rings. The lowest BCUT2D eigenvalue weighted by atomic mass is 10.1. The van der Waals surface area contributed by atoms with Crippen LogP contribution in [0.25, 0.3) is 0 Å². The number of benzene rings is 2. The van der Waals surface area contributed by atoms with E-state index in [0.717, 1.165) is 39.0 Å². The summed E-state index contributed by atoms with van der Waals surface area (Å²) in [4.78, 5) is 0. The highest BCUT2D eigenvalue weighted by Gasteiger charge is 2.09. The number of aliphatic hydroxyl groups is 2. The number of ether oxygens (including phenoxy) is 1. The number of unbranched alkanes of at least 4 members (excludes halogenated alkanes) is 1. The third-order valence-corrected chi connectivity index (χ3v) is 4.27. The van der Waals surface area contributed by atoms with E-state index in [1.807, 2.05) is 18.2 Å². The molecule has 5 heteroatoms. The largest absolute Gasteiger partial charge is 0.508 e. The van der Waals surface area contributed by atoms with Crippen LogP contribution in [-0.2, 0) is 17.8 Å². The van der Waals surface area contributed by atoms with Crippen LogP contribution in [0.5, 0.6) is 5.75 Å². The van der Waals surface area contributed by atoms with Crippen LogP contribution >= 0.6 is 0 Å². The van der Waals surface area contributed by atoms with Gasteiger partial charge in [0.25, 0.3) is 0 Å². The number of nitrogens with one attached hydrogen (secondary N) is 1. The van der Waals surface area contributed by atoms with Gasteiger partial charge in [0.15, 0.2) is 0 Å². The van der Waals surface area contributed by atoms with Gasteiger partial charge in [-0.05, 0) is 49.1 Å². The predicted octanol–water partition coefficient (Wildman–Crippen LogP) is 2.55. The molecule has 0 amide bonds. The number of aromatic hydroxyl groups is 1. The highest BCUT2D eigenvalue weighted by atomic mass is 16.5. The summed E-state index contributed by atoms with van der Waals surface area (Å²) in [6.45, 7) is 2.48. The van der Waals surface area contributed by atoms with Gasteiger partial charge >= 0.3 is 0 Å². The molecule has 2 aromatic carbocycles. The van der Waals surface area contributed by atoms with Gasteiger partial charge in [-0.3, -0.25) is 0 Å². The quantitative estimate of drug-likeness (QED) is 0.438. The van der Waals surface area contributed by atoms with Gasteiger partial charge in [-0.1, -0.05) is 36.4 Å². The average molecular weight is 359 g/mol. The predicted molar refractivity (Wildman–Crippen MR) is 102 cm³/mol. The van der Waals surface area contributed by atoms with Gasteiger partial charge in [-0.2, -0.15) is 0 Å². The summed E-state index contributed by atoms with van der Waals surface area (Å²) in [7, 11) is 0. The van der Waals surface area contributed by atoms with Crippen LogP contribution < -0.4 is 5.32 Å². The minimum absolute atomic E-state index is 0.0451. The Morgan fingerprint density at radius 1 is 1.00 bits per heavy atom. The van der Waals surface area contributed by atoms with E-state index in [1.165, 1.54) is 11.6 Å². The molecule has 0 aliphatic carbocycles. The molecule has 0 heterocycles. The first-order valence-corrected chi connectivity index (χ1v) is 9.14. The van der Waals surface area contributed by atoms with E-state index in [9.17, 15) is 10.2 Å². The van der Waals surface area contributed by atoms with Crippen molar-refractivity contribution in [2.45, 2.75) is 32.0 Å². The fourth-order valence-electron chi connectivity index (χ4n) is 2.69. The second kappa shape index (κ2) is 11.6. The van der Waals surface area contributed by atoms with Crippen LogP contribution in [0.3, 0.4) is 0 Å². The molecule has 0 saturated heterocycles. The summed E-state index contributed by atoms with van der Waals surface area (Å²) in [5.41, 5.74) is 2.40. The average Bonchev–Trinajstić information content (AvgIpc) is 2.67. The highest BCUT2D eigenvalue weighted by molar-refractivity contribution is 5.36. The van der Waals surface area contributed by atoms with Gasteiger partial charge in [0.2, 0.25) is 0 Å². The highest BCUT2D eigenvalue weighted by Crippen LogP contribution is 2.22. The van der Waals surface area contributed by atoms with Crippen molar-refractivity contribution in [2.75, 3.05) is 26.3 Å². The number of hydrogen-bond donors (Lipinski definition) is 4. The van der Waals surface area contributed by atoms with E-state index < -0.39 is 6.10 Å². The molecule has 2 rings (SSSR count). The van der Waals surface area contributed by atoms with E-state index >= 15 is 0 Å². The second-order valence-electron chi connectivity index (χ2n) is 6.32. The normalized spacial score (nSPS) is 12.2. The molecule has 0 aliphatic rings. The summed E-state index contributed by atoms with van der Waals surface area (Å²) in [5.74, 6) is 0.0451. The summed E-state index contributed by atoms with van der Waals surface area (Å²) >= 11 is 0. The van der Waals surface area contributed by atoms with Crippen LogP contribution in [0, 0.1) is 0 Å². The molecule has 0 saturated carbocycles. The maximum absolute atomic E-state index is 10.2. The molecule has 4 N–H and O–H groups in total. The van der Waals surface area contributed by atoms with E-state index in [0.29, 0.717) is 17.7 Å². The Bertz CT molecular complexity index is 633. The summed E-state index contributed by atoms with van der Waals surface area (Å²) in [5, 5.41) is 32.1. The van der Waals surface area contributed by atoms with Gasteiger partial charge in [0.05, 0.1) is 19.3 Å². The van der Waals surface area contributed by atoms with Crippen molar-refractivity contribution in [1.29, 1.82) is 0 Å². The number of aliphatic hydroxyl groups excluding tert-OH is 2. The van der Waals surface area contributed by atoms with Gasteiger partial charge in [-0.15, -0.1) is 0 Å². The van der Waals surface area contributed by atoms with Crippen LogP contribution in [-0.4, -0.2) is 41.6 Å². The zero-order valence-electron chi connectivity index (χ0n) is 15.1. The lowest BCUT2D eigenvalue weighted by Gasteiger charge is -2.14. The first-order valence-electron chi connectivity index (χ1n) is 9.14. The summed E-state index contributed by atoms with van der Waals surface area (Å²) in [6, 6.07) is 15.1. The monoisotopic (exact) mass is 359 g/mol. The third kappa shape index (κ3) is 7.14. The molecule has 5 nitrogen and oxygen atoms in total. The molecule has 0 aromatic heterocycles. The van der Waals surface area contributed by atoms with Crippen molar-refractivity contribution in [3.63, 3.8) is 0 Å². The lowest BCUT2D eigenvalue weighted by Crippen LogP contribution is -2.22. The molecule has 0 aliphatic heterocycles. The molecular formula is C21H29NO4. The Labute approximate surface area is 155 Å². The standard InChI is InChI=1S/C21H29NO4/c23-16-19-14-18(8-9-20(19)24)21(25)15-22-11-4-5-12-26-13-10-17-6-2-1-3-7-17/h1-3,6-9,14,21-25H,4-5,10-13,15-16H2. The van der Waals surface area contributed by atoms with Gasteiger partial charge in [-0.25, -0.2) is 0 Å². The molecule has 0 spiro atoms. The molecular weight excluding hydrogens is 330 g/mol. The number of phenols is 1. The minimum atomic E-state index is -0.664. The minimum Gasteiger partial charge on any atom is -0.508 e. The van der Waals surface area contributed by atoms with Crippen molar-refractivity contribution in [3.8, 4) is 5.75 Å². The molecule has 0 radical (unpaired) electrons. The zero-order chi connectivity index (χ0) is 18.6. The van der Waals surface area contributed by atoms with Crippen molar-refractivity contribution in [3.05, 3.63) is 65.2 Å². The maximum Gasteiger partial charge on any atom is 0.121 e. The van der Waals surface area contributed by atoms with E-state index in [4.69, 9.17) is 9.84 Å². The van der Waals surface area contributed by atoms with Gasteiger partial charge < -0.3 is 25.4 Å². The fourth-order valence-corrected chi connectivity index (χ4v) is 2.69. The van der Waals surface area contributed by atoms with E-state index in [-0.39, 0.29) is 12.4 Å². The van der Waals surface area contributed by atoms with Crippen LogP contribution in [0.15, 0.2) is 48.5 Å². The summed E-state index contributed by atoms with van der Waals surface area (Å²) in [6.07, 6.45) is 2.23. The second-order valence-corrected chi connectivity index (χ2v) is 6.32. The smallest absolute Gasteiger partial charge is 0.121 e. The van der Waals surface area contributed by atoms with Crippen molar-refractivity contribution in [2.24, 2.45) is 0 Å². The van der Waals surface area contributed by atoms with Crippen molar-refractivity contribution in [1.82, 2.24) is 5.32 Å². The SMILES string of the molecule is OCc1cc(C(O)CNCCCCOCCc2ccccc2)ccc1O. The first kappa shape index (κ1) is 20.4. The zero-order valence-corrected chi connectivity index (χ0v) is 15.1. The Balaban J connectivity index is 1.51.